The summed E-state index contributed by atoms with van der Waals surface area (Å²) in [6.45, 7) is 17.0. The highest BCUT2D eigenvalue weighted by atomic mass is 16.2. The first kappa shape index (κ1) is 51.2. The van der Waals surface area contributed by atoms with E-state index in [0.29, 0.717) is 69.1 Å². The smallest absolute Gasteiger partial charge is 0.266 e. The fourth-order valence-electron chi connectivity index (χ4n) is 15.2. The molecule has 2 aliphatic carbocycles. The van der Waals surface area contributed by atoms with Crippen molar-refractivity contribution in [3.05, 3.63) is 234 Å². The van der Waals surface area contributed by atoms with E-state index in [4.69, 9.17) is 0 Å². The average Bonchev–Trinajstić information content (AvgIpc) is 4.24. The van der Waals surface area contributed by atoms with Crippen molar-refractivity contribution in [1.82, 2.24) is 0 Å². The Bertz CT molecular complexity index is 3790. The molecule has 6 nitrogen and oxygen atoms in total. The summed E-state index contributed by atoms with van der Waals surface area (Å²) in [6.07, 6.45) is 10.7. The van der Waals surface area contributed by atoms with Gasteiger partial charge in [-0.1, -0.05) is 135 Å². The summed E-state index contributed by atoms with van der Waals surface area (Å²) in [6, 6.07) is 45.3. The van der Waals surface area contributed by atoms with Gasteiger partial charge in [-0.2, -0.15) is 0 Å². The molecule has 2 heterocycles. The van der Waals surface area contributed by atoms with Crippen LogP contribution in [0.2, 0.25) is 0 Å². The molecule has 2 saturated carbocycles. The minimum absolute atomic E-state index is 0.296. The Balaban J connectivity index is 0.950. The lowest BCUT2D eigenvalue weighted by Gasteiger charge is -2.33. The van der Waals surface area contributed by atoms with Gasteiger partial charge in [0.25, 0.3) is 23.6 Å². The van der Waals surface area contributed by atoms with Crippen LogP contribution >= 0.6 is 0 Å². The standard InChI is InChI=1S/C74H68N2O4/c1-41-45(5)69(46(6)42(2)63(41)51-25-15-16-26-51)75-71(77)59-31-19-29-57-65(55(37-49-21-11-9-12-22-49)39-61(67(57)59)73(75)79)53-33-35-54(36-34-53)66-56(38-50-23-13-10-14-24-50)40-62-68-58(66)30-20-32-60(68)72(78)76(74(62)80)70-47(7)43(3)64(44(4)48(70)8)52-27-17-18-28-52/h9-14,19-24,29-36,39-40,51-52H,15-18,25-28,37-38H2,1-8H3. The van der Waals surface area contributed by atoms with E-state index >= 15 is 19.2 Å². The van der Waals surface area contributed by atoms with Crippen molar-refractivity contribution in [2.75, 3.05) is 9.80 Å². The monoisotopic (exact) mass is 1050 g/mol. The van der Waals surface area contributed by atoms with Crippen molar-refractivity contribution < 1.29 is 19.2 Å². The fourth-order valence-corrected chi connectivity index (χ4v) is 15.2. The van der Waals surface area contributed by atoms with Crippen LogP contribution in [0.15, 0.2) is 133 Å². The SMILES string of the molecule is Cc1c(C)c(N2C(=O)c3cccc4c(-c5ccc(-c6c(Cc7ccccc7)cc7c8c(cccc68)C(=O)N(c6c(C)c(C)c(C8CCCC8)c(C)c6C)C7=O)cc5)c(Cc5ccccc5)cc(c34)C2=O)c(C)c(C)c1C1CCCC1. The topological polar surface area (TPSA) is 74.8 Å². The number of anilines is 2. The number of hydrogen-bond acceptors (Lipinski definition) is 4. The third-order valence-electron chi connectivity index (χ3n) is 19.4. The van der Waals surface area contributed by atoms with E-state index in [1.807, 2.05) is 60.7 Å². The molecule has 0 bridgehead atoms. The van der Waals surface area contributed by atoms with Crippen LogP contribution in [0.1, 0.15) is 183 Å². The Hall–Kier alpha value is -8.22. The summed E-state index contributed by atoms with van der Waals surface area (Å²) < 4.78 is 0. The molecule has 0 N–H and O–H groups in total. The third-order valence-corrected chi connectivity index (χ3v) is 19.4. The van der Waals surface area contributed by atoms with Crippen molar-refractivity contribution in [2.45, 2.75) is 131 Å². The third kappa shape index (κ3) is 7.95. The van der Waals surface area contributed by atoms with Crippen LogP contribution < -0.4 is 9.80 Å². The van der Waals surface area contributed by atoms with Crippen LogP contribution in [0, 0.1) is 55.4 Å². The lowest BCUT2D eigenvalue weighted by atomic mass is 9.81. The van der Waals surface area contributed by atoms with Crippen molar-refractivity contribution >= 4 is 56.5 Å². The highest BCUT2D eigenvalue weighted by Gasteiger charge is 2.41. The summed E-state index contributed by atoms with van der Waals surface area (Å²) >= 11 is 0. The van der Waals surface area contributed by atoms with Gasteiger partial charge in [0.2, 0.25) is 0 Å². The molecule has 9 aromatic rings. The van der Waals surface area contributed by atoms with Gasteiger partial charge in [-0.15, -0.1) is 0 Å². The maximum Gasteiger partial charge on any atom is 0.266 e. The molecule has 9 aromatic carbocycles. The molecule has 4 aliphatic rings. The predicted octanol–water partition coefficient (Wildman–Crippen LogP) is 17.9. The van der Waals surface area contributed by atoms with E-state index in [2.05, 4.69) is 128 Å². The summed E-state index contributed by atoms with van der Waals surface area (Å²) in [5, 5.41) is 3.07. The molecule has 398 valence electrons. The van der Waals surface area contributed by atoms with Crippen molar-refractivity contribution in [3.8, 4) is 22.3 Å². The zero-order chi connectivity index (χ0) is 55.4. The lowest BCUT2D eigenvalue weighted by molar-refractivity contribution is 0.0877. The van der Waals surface area contributed by atoms with E-state index < -0.39 is 0 Å². The van der Waals surface area contributed by atoms with Gasteiger partial charge in [-0.3, -0.25) is 19.2 Å². The summed E-state index contributed by atoms with van der Waals surface area (Å²) in [5.41, 5.74) is 23.0. The molecule has 80 heavy (non-hydrogen) atoms. The molecule has 0 atom stereocenters. The number of nitrogens with zero attached hydrogens (tertiary/aromatic N) is 2. The fraction of sp³-hybridized carbons (Fsp3) is 0.270. The highest BCUT2D eigenvalue weighted by Crippen LogP contribution is 2.49. The zero-order valence-corrected chi connectivity index (χ0v) is 47.5. The largest absolute Gasteiger partial charge is 0.268 e. The van der Waals surface area contributed by atoms with Crippen LogP contribution in [0.3, 0.4) is 0 Å². The molecule has 6 heteroatoms. The van der Waals surface area contributed by atoms with E-state index in [1.165, 1.54) is 94.5 Å². The molecule has 0 unspecified atom stereocenters. The molecular formula is C74H68N2O4. The Morgan fingerprint density at radius 2 is 0.688 bits per heavy atom. The lowest BCUT2D eigenvalue weighted by Crippen LogP contribution is -2.41. The number of carbonyl (C=O) groups is 4. The first-order chi connectivity index (χ1) is 38.7. The van der Waals surface area contributed by atoms with Crippen molar-refractivity contribution in [2.24, 2.45) is 0 Å². The first-order valence-corrected chi connectivity index (χ1v) is 29.1. The average molecular weight is 1050 g/mol. The second-order valence-electron chi connectivity index (χ2n) is 23.7. The second kappa shape index (κ2) is 19.8. The molecule has 2 aliphatic heterocycles. The van der Waals surface area contributed by atoms with E-state index in [-0.39, 0.29) is 23.6 Å². The summed E-state index contributed by atoms with van der Waals surface area (Å²) in [7, 11) is 0. The van der Waals surface area contributed by atoms with Crippen LogP contribution in [0.25, 0.3) is 43.8 Å². The normalized spacial score (nSPS) is 15.7. The van der Waals surface area contributed by atoms with Crippen LogP contribution in [0.4, 0.5) is 11.4 Å². The summed E-state index contributed by atoms with van der Waals surface area (Å²) in [4.78, 5) is 64.0. The zero-order valence-electron chi connectivity index (χ0n) is 47.5. The van der Waals surface area contributed by atoms with Gasteiger partial charge in [0.15, 0.2) is 0 Å². The van der Waals surface area contributed by atoms with E-state index in [0.717, 1.165) is 77.5 Å². The molecule has 0 aromatic heterocycles. The number of hydrogen-bond donors (Lipinski definition) is 0. The van der Waals surface area contributed by atoms with Gasteiger partial charge in [0.1, 0.15) is 0 Å². The maximum atomic E-state index is 15.4. The number of carbonyl (C=O) groups excluding carboxylic acids is 4. The Morgan fingerprint density at radius 3 is 1.02 bits per heavy atom. The van der Waals surface area contributed by atoms with E-state index in [9.17, 15) is 0 Å². The quantitative estimate of drug-likeness (QED) is 0.128. The molecule has 0 spiro atoms. The number of benzene rings is 9. The van der Waals surface area contributed by atoms with Crippen LogP contribution in [-0.4, -0.2) is 23.6 Å². The Morgan fingerprint density at radius 1 is 0.362 bits per heavy atom. The van der Waals surface area contributed by atoms with Crippen LogP contribution in [-0.2, 0) is 12.8 Å². The van der Waals surface area contributed by atoms with Gasteiger partial charge >= 0.3 is 0 Å². The molecule has 13 rings (SSSR count). The number of imide groups is 2. The van der Waals surface area contributed by atoms with Gasteiger partial charge < -0.3 is 0 Å². The first-order valence-electron chi connectivity index (χ1n) is 29.1. The van der Waals surface area contributed by atoms with Gasteiger partial charge in [-0.25, -0.2) is 9.80 Å². The van der Waals surface area contributed by atoms with Gasteiger partial charge in [0, 0.05) is 33.0 Å². The molecule has 0 radical (unpaired) electrons. The highest BCUT2D eigenvalue weighted by molar-refractivity contribution is 6.38. The van der Waals surface area contributed by atoms with Crippen molar-refractivity contribution in [3.63, 3.8) is 0 Å². The number of amides is 4. The Labute approximate surface area is 470 Å². The summed E-state index contributed by atoms with van der Waals surface area (Å²) in [5.74, 6) is -0.191. The maximum absolute atomic E-state index is 15.4. The molecular weight excluding hydrogens is 981 g/mol. The molecule has 0 saturated heterocycles. The van der Waals surface area contributed by atoms with E-state index in [1.54, 1.807) is 0 Å². The molecule has 2 fully saturated rings. The molecule has 4 amide bonds. The van der Waals surface area contributed by atoms with Gasteiger partial charge in [0.05, 0.1) is 11.4 Å². The second-order valence-corrected chi connectivity index (χ2v) is 23.7. The Kier molecular flexibility index (Phi) is 12.7. The van der Waals surface area contributed by atoms with Crippen LogP contribution in [0.5, 0.6) is 0 Å². The minimum Gasteiger partial charge on any atom is -0.268 e. The minimum atomic E-state index is -0.301. The number of rotatable bonds is 10. The van der Waals surface area contributed by atoms with Crippen molar-refractivity contribution in [1.29, 1.82) is 0 Å². The van der Waals surface area contributed by atoms with Gasteiger partial charge in [-0.05, 0) is 241 Å². The predicted molar refractivity (Wildman–Crippen MR) is 326 cm³/mol.